The number of rotatable bonds is 3. The molecule has 0 aliphatic heterocycles. The van der Waals surface area contributed by atoms with E-state index in [0.29, 0.717) is 22.3 Å². The summed E-state index contributed by atoms with van der Waals surface area (Å²) in [6.45, 7) is 1.96. The van der Waals surface area contributed by atoms with E-state index in [9.17, 15) is 22.4 Å². The molecule has 1 N–H and O–H groups in total. The smallest absolute Gasteiger partial charge is 0.416 e. The van der Waals surface area contributed by atoms with Gasteiger partial charge in [-0.3, -0.25) is 4.79 Å². The minimum Gasteiger partial charge on any atom is -0.455 e. The van der Waals surface area contributed by atoms with Gasteiger partial charge in [0.05, 0.1) is 11.1 Å². The molecule has 0 fully saturated rings. The molecule has 4 aromatic rings. The molecule has 1 aliphatic carbocycles. The van der Waals surface area contributed by atoms with Gasteiger partial charge in [-0.05, 0) is 29.8 Å². The minimum absolute atomic E-state index is 0.00371. The second-order valence-electron chi connectivity index (χ2n) is 6.96. The summed E-state index contributed by atoms with van der Waals surface area (Å²) in [7, 11) is 0. The van der Waals surface area contributed by atoms with Gasteiger partial charge in [-0.1, -0.05) is 13.0 Å². The summed E-state index contributed by atoms with van der Waals surface area (Å²) >= 11 is 0. The van der Waals surface area contributed by atoms with Gasteiger partial charge in [0, 0.05) is 40.6 Å². The Labute approximate surface area is 161 Å². The van der Waals surface area contributed by atoms with Crippen LogP contribution in [0.3, 0.4) is 0 Å². The van der Waals surface area contributed by atoms with Gasteiger partial charge in [0.25, 0.3) is 5.91 Å². The van der Waals surface area contributed by atoms with Crippen LogP contribution < -0.4 is 5.32 Å². The minimum atomic E-state index is -4.52. The summed E-state index contributed by atoms with van der Waals surface area (Å²) in [6, 6.07) is 7.12. The van der Waals surface area contributed by atoms with Crippen LogP contribution in [-0.4, -0.2) is 10.9 Å². The fourth-order valence-corrected chi connectivity index (χ4v) is 3.80. The highest BCUT2D eigenvalue weighted by Crippen LogP contribution is 2.58. The highest BCUT2D eigenvalue weighted by molar-refractivity contribution is 6.19. The number of hydrogen-bond donors (Lipinski definition) is 1. The summed E-state index contributed by atoms with van der Waals surface area (Å²) in [5.74, 6) is -1.19. The number of pyridine rings is 1. The van der Waals surface area contributed by atoms with Gasteiger partial charge in [0.1, 0.15) is 11.2 Å². The van der Waals surface area contributed by atoms with Crippen LogP contribution in [0.4, 0.5) is 23.2 Å². The Hall–Kier alpha value is -3.42. The van der Waals surface area contributed by atoms with Crippen LogP contribution in [0.1, 0.15) is 39.9 Å². The lowest BCUT2D eigenvalue weighted by Gasteiger charge is -2.10. The summed E-state index contributed by atoms with van der Waals surface area (Å²) in [6.07, 6.45) is -3.24. The van der Waals surface area contributed by atoms with Crippen molar-refractivity contribution in [3.63, 3.8) is 0 Å². The van der Waals surface area contributed by atoms with Crippen LogP contribution in [0.5, 0.6) is 0 Å². The van der Waals surface area contributed by atoms with E-state index in [1.807, 2.05) is 6.92 Å². The normalized spacial score (nSPS) is 15.6. The molecule has 0 saturated carbocycles. The number of nitrogens with zero attached hydrogens (tertiary/aromatic N) is 1. The fraction of sp³-hybridized carbons (Fsp3) is 0.143. The van der Waals surface area contributed by atoms with Crippen molar-refractivity contribution in [2.75, 3.05) is 5.32 Å². The van der Waals surface area contributed by atoms with Gasteiger partial charge in [-0.25, -0.2) is 4.98 Å². The first kappa shape index (κ1) is 17.7. The van der Waals surface area contributed by atoms with E-state index in [0.717, 1.165) is 23.3 Å². The number of nitrogens with one attached hydrogen (secondary N) is 1. The number of halogens is 4. The molecular formula is C21H12F4N2O2. The zero-order valence-corrected chi connectivity index (χ0v) is 14.9. The third kappa shape index (κ3) is 2.66. The van der Waals surface area contributed by atoms with Crippen molar-refractivity contribution in [1.29, 1.82) is 0 Å². The molecule has 3 heterocycles. The molecule has 5 rings (SSSR count). The van der Waals surface area contributed by atoms with Crippen molar-refractivity contribution in [1.82, 2.24) is 4.98 Å². The first-order valence-corrected chi connectivity index (χ1v) is 8.78. The van der Waals surface area contributed by atoms with E-state index < -0.39 is 23.6 Å². The Kier molecular flexibility index (Phi) is 3.53. The monoisotopic (exact) mass is 400 g/mol. The molecular weight excluding hydrogens is 388 g/mol. The van der Waals surface area contributed by atoms with Crippen LogP contribution in [0.2, 0.25) is 0 Å². The van der Waals surface area contributed by atoms with Crippen molar-refractivity contribution in [2.24, 2.45) is 0 Å². The van der Waals surface area contributed by atoms with Gasteiger partial charge >= 0.3 is 6.18 Å². The summed E-state index contributed by atoms with van der Waals surface area (Å²) < 4.78 is 58.3. The average molecular weight is 400 g/mol. The average Bonchev–Trinajstić information content (AvgIpc) is 3.03. The molecule has 3 aromatic heterocycles. The van der Waals surface area contributed by atoms with Crippen molar-refractivity contribution < 1.29 is 26.8 Å². The predicted molar refractivity (Wildman–Crippen MR) is 97.5 cm³/mol. The van der Waals surface area contributed by atoms with Crippen molar-refractivity contribution >= 4 is 22.8 Å². The molecule has 0 unspecified atom stereocenters. The maximum Gasteiger partial charge on any atom is 0.416 e. The topological polar surface area (TPSA) is 55.1 Å². The quantitative estimate of drug-likeness (QED) is 0.349. The number of anilines is 1. The van der Waals surface area contributed by atoms with Gasteiger partial charge in [-0.2, -0.15) is 17.6 Å². The molecule has 2 bridgehead atoms. The van der Waals surface area contributed by atoms with Crippen LogP contribution in [-0.2, 0) is 6.18 Å². The molecule has 0 radical (unpaired) electrons. The SMILES string of the molecule is C[C@H]1c2c1c1oc2c(C(=O)Nc2cccc(C(F)(F)F)c2)c1-c1ccnc(F)c1. The molecule has 8 heteroatoms. The van der Waals surface area contributed by atoms with Gasteiger partial charge in [0.2, 0.25) is 5.95 Å². The second-order valence-corrected chi connectivity index (χ2v) is 6.96. The highest BCUT2D eigenvalue weighted by Gasteiger charge is 2.44. The zero-order valence-electron chi connectivity index (χ0n) is 14.9. The largest absolute Gasteiger partial charge is 0.455 e. The summed E-state index contributed by atoms with van der Waals surface area (Å²) in [5, 5.41) is 2.51. The Morgan fingerprint density at radius 1 is 1.14 bits per heavy atom. The number of carbonyl (C=O) groups is 1. The number of aromatic nitrogens is 1. The standard InChI is InChI=1S/C21H12F4N2O2/c1-9-14-15(9)19-17(16(18(14)29-19)10-5-6-26-13(22)7-10)20(28)27-12-4-2-3-11(8-12)21(23,24)25/h2-9H,1H3,(H,27,28)/t9-/m1/s1. The molecule has 146 valence electrons. The van der Waals surface area contributed by atoms with E-state index in [-0.39, 0.29) is 17.2 Å². The Bertz CT molecular complexity index is 1280. The van der Waals surface area contributed by atoms with Crippen LogP contribution in [0, 0.1) is 5.95 Å². The molecule has 1 aromatic carbocycles. The lowest BCUT2D eigenvalue weighted by Crippen LogP contribution is -2.14. The molecule has 0 saturated heterocycles. The molecule has 1 amide bonds. The summed E-state index contributed by atoms with van der Waals surface area (Å²) in [5.41, 5.74) is 2.94. The Balaban J connectivity index is 1.58. The number of fused-ring (bicyclic) bond motifs is 5. The van der Waals surface area contributed by atoms with E-state index in [1.165, 1.54) is 24.4 Å². The van der Waals surface area contributed by atoms with E-state index in [4.69, 9.17) is 4.42 Å². The van der Waals surface area contributed by atoms with Gasteiger partial charge in [-0.15, -0.1) is 0 Å². The Morgan fingerprint density at radius 2 is 1.90 bits per heavy atom. The van der Waals surface area contributed by atoms with Crippen molar-refractivity contribution in [3.8, 4) is 11.1 Å². The van der Waals surface area contributed by atoms with Crippen molar-refractivity contribution in [2.45, 2.75) is 19.0 Å². The second kappa shape index (κ2) is 5.79. The lowest BCUT2D eigenvalue weighted by atomic mass is 10.00. The van der Waals surface area contributed by atoms with E-state index in [2.05, 4.69) is 10.3 Å². The van der Waals surface area contributed by atoms with Crippen LogP contribution in [0.15, 0.2) is 47.0 Å². The first-order valence-electron chi connectivity index (χ1n) is 8.78. The molecule has 29 heavy (non-hydrogen) atoms. The molecule has 1 aliphatic rings. The number of benzene rings is 2. The van der Waals surface area contributed by atoms with Crippen LogP contribution >= 0.6 is 0 Å². The van der Waals surface area contributed by atoms with Crippen molar-refractivity contribution in [3.05, 3.63) is 70.8 Å². The number of alkyl halides is 3. The first-order chi connectivity index (χ1) is 13.8. The van der Waals surface area contributed by atoms with Gasteiger partial charge in [0.15, 0.2) is 0 Å². The zero-order chi connectivity index (χ0) is 20.5. The van der Waals surface area contributed by atoms with E-state index in [1.54, 1.807) is 6.07 Å². The number of carbonyl (C=O) groups excluding carboxylic acids is 1. The Morgan fingerprint density at radius 3 is 2.62 bits per heavy atom. The lowest BCUT2D eigenvalue weighted by molar-refractivity contribution is -0.137. The van der Waals surface area contributed by atoms with E-state index >= 15 is 0 Å². The highest BCUT2D eigenvalue weighted by atomic mass is 19.4. The third-order valence-electron chi connectivity index (χ3n) is 5.16. The number of hydrogen-bond acceptors (Lipinski definition) is 3. The molecule has 0 spiro atoms. The summed E-state index contributed by atoms with van der Waals surface area (Å²) in [4.78, 5) is 16.5. The number of furan rings is 2. The predicted octanol–water partition coefficient (Wildman–Crippen LogP) is 5.81. The number of amides is 1. The third-order valence-corrected chi connectivity index (χ3v) is 5.16. The van der Waals surface area contributed by atoms with Gasteiger partial charge < -0.3 is 9.73 Å². The van der Waals surface area contributed by atoms with Crippen LogP contribution in [0.25, 0.3) is 22.3 Å². The maximum absolute atomic E-state index is 13.7. The fourth-order valence-electron chi connectivity index (χ4n) is 3.80. The molecule has 4 nitrogen and oxygen atoms in total. The maximum atomic E-state index is 13.7. The molecule has 1 atom stereocenters.